The predicted molar refractivity (Wildman–Crippen MR) is 85.5 cm³/mol. The number of urea groups is 1. The van der Waals surface area contributed by atoms with Crippen LogP contribution in [-0.2, 0) is 0 Å². The van der Waals surface area contributed by atoms with Crippen molar-refractivity contribution in [2.24, 2.45) is 0 Å². The molecule has 2 atom stereocenters. The van der Waals surface area contributed by atoms with Gasteiger partial charge in [0.25, 0.3) is 0 Å². The fraction of sp³-hybridized carbons (Fsp3) is 0.429. The van der Waals surface area contributed by atoms with Gasteiger partial charge in [0.1, 0.15) is 0 Å². The lowest BCUT2D eigenvalue weighted by molar-refractivity contribution is 0.0698. The van der Waals surface area contributed by atoms with E-state index in [2.05, 4.69) is 10.6 Å². The normalized spacial score (nSPS) is 21.0. The van der Waals surface area contributed by atoms with Gasteiger partial charge in [0.15, 0.2) is 0 Å². The number of halogens is 1. The van der Waals surface area contributed by atoms with Crippen LogP contribution in [0.25, 0.3) is 0 Å². The Labute approximate surface area is 132 Å². The number of carboxylic acids is 1. The van der Waals surface area contributed by atoms with Crippen molar-refractivity contribution in [2.75, 3.05) is 11.6 Å². The van der Waals surface area contributed by atoms with Crippen molar-refractivity contribution >= 4 is 41.1 Å². The minimum absolute atomic E-state index is 0.0227. The van der Waals surface area contributed by atoms with E-state index >= 15 is 0 Å². The van der Waals surface area contributed by atoms with Crippen LogP contribution in [-0.4, -0.2) is 34.7 Å². The highest BCUT2D eigenvalue weighted by Crippen LogP contribution is 2.28. The molecule has 2 rings (SSSR count). The number of nitrogens with one attached hydrogen (secondary N) is 2. The Hall–Kier alpha value is -1.40. The Morgan fingerprint density at radius 1 is 1.38 bits per heavy atom. The van der Waals surface area contributed by atoms with Gasteiger partial charge in [-0.05, 0) is 37.3 Å². The Kier molecular flexibility index (Phi) is 5.36. The molecule has 1 saturated carbocycles. The van der Waals surface area contributed by atoms with E-state index < -0.39 is 5.97 Å². The van der Waals surface area contributed by atoms with E-state index in [1.165, 1.54) is 12.1 Å². The molecule has 1 aromatic rings. The second-order valence-electron chi connectivity index (χ2n) is 4.91. The number of carbonyl (C=O) groups excluding carboxylic acids is 1. The van der Waals surface area contributed by atoms with Crippen LogP contribution in [0.1, 0.15) is 29.6 Å². The molecule has 2 unspecified atom stereocenters. The standard InChI is InChI=1S/C14H17ClN2O3S/c1-21-12-4-2-3-11(12)17-14(20)16-10-6-5-8(15)7-9(10)13(18)19/h5-7,11-12H,2-4H2,1H3,(H,18,19)(H2,16,17,20). The van der Waals surface area contributed by atoms with E-state index in [0.717, 1.165) is 19.3 Å². The molecule has 0 saturated heterocycles. The second kappa shape index (κ2) is 7.04. The predicted octanol–water partition coefficient (Wildman–Crippen LogP) is 3.44. The molecule has 7 heteroatoms. The Bertz CT molecular complexity index is 553. The summed E-state index contributed by atoms with van der Waals surface area (Å²) in [6, 6.07) is 4.10. The van der Waals surface area contributed by atoms with Crippen molar-refractivity contribution in [2.45, 2.75) is 30.6 Å². The maximum Gasteiger partial charge on any atom is 0.337 e. The van der Waals surface area contributed by atoms with Gasteiger partial charge in [-0.1, -0.05) is 18.0 Å². The SMILES string of the molecule is CSC1CCCC1NC(=O)Nc1ccc(Cl)cc1C(=O)O. The van der Waals surface area contributed by atoms with Gasteiger partial charge in [-0.2, -0.15) is 11.8 Å². The lowest BCUT2D eigenvalue weighted by Gasteiger charge is -2.19. The number of rotatable bonds is 4. The lowest BCUT2D eigenvalue weighted by Crippen LogP contribution is -2.41. The zero-order valence-electron chi connectivity index (χ0n) is 11.6. The number of aromatic carboxylic acids is 1. The first-order valence-corrected chi connectivity index (χ1v) is 8.31. The molecule has 1 aliphatic rings. The number of carboxylic acid groups (broad SMARTS) is 1. The third kappa shape index (κ3) is 4.04. The zero-order chi connectivity index (χ0) is 15.4. The van der Waals surface area contributed by atoms with Crippen LogP contribution < -0.4 is 10.6 Å². The third-order valence-corrected chi connectivity index (χ3v) is 4.94. The summed E-state index contributed by atoms with van der Waals surface area (Å²) in [5, 5.41) is 15.4. The van der Waals surface area contributed by atoms with Gasteiger partial charge in [0.05, 0.1) is 11.3 Å². The summed E-state index contributed by atoms with van der Waals surface area (Å²) < 4.78 is 0. The number of thioether (sulfide) groups is 1. The fourth-order valence-corrected chi connectivity index (χ4v) is 3.61. The van der Waals surface area contributed by atoms with E-state index in [9.17, 15) is 9.59 Å². The fourth-order valence-electron chi connectivity index (χ4n) is 2.50. The molecule has 0 heterocycles. The van der Waals surface area contributed by atoms with Crippen molar-refractivity contribution in [3.05, 3.63) is 28.8 Å². The highest BCUT2D eigenvalue weighted by molar-refractivity contribution is 7.99. The summed E-state index contributed by atoms with van der Waals surface area (Å²) in [5.74, 6) is -1.13. The summed E-state index contributed by atoms with van der Waals surface area (Å²) in [5.41, 5.74) is 0.216. The first-order chi connectivity index (χ1) is 10.0. The van der Waals surface area contributed by atoms with Crippen LogP contribution in [0.5, 0.6) is 0 Å². The van der Waals surface area contributed by atoms with Gasteiger partial charge in [0.2, 0.25) is 0 Å². The molecule has 0 aromatic heterocycles. The van der Waals surface area contributed by atoms with Crippen LogP contribution in [0.4, 0.5) is 10.5 Å². The maximum atomic E-state index is 12.0. The van der Waals surface area contributed by atoms with Crippen molar-refractivity contribution in [3.8, 4) is 0 Å². The third-order valence-electron chi connectivity index (χ3n) is 3.53. The molecule has 1 fully saturated rings. The number of anilines is 1. The molecule has 0 radical (unpaired) electrons. The van der Waals surface area contributed by atoms with Gasteiger partial charge in [-0.25, -0.2) is 9.59 Å². The summed E-state index contributed by atoms with van der Waals surface area (Å²) in [6.07, 6.45) is 5.17. The Morgan fingerprint density at radius 2 is 2.14 bits per heavy atom. The Balaban J connectivity index is 2.04. The monoisotopic (exact) mass is 328 g/mol. The number of hydrogen-bond donors (Lipinski definition) is 3. The molecule has 3 N–H and O–H groups in total. The summed E-state index contributed by atoms with van der Waals surface area (Å²) in [4.78, 5) is 23.2. The van der Waals surface area contributed by atoms with Crippen molar-refractivity contribution in [1.82, 2.24) is 5.32 Å². The number of amides is 2. The molecular weight excluding hydrogens is 312 g/mol. The minimum atomic E-state index is -1.13. The maximum absolute atomic E-state index is 12.0. The molecule has 0 bridgehead atoms. The molecule has 0 aliphatic heterocycles. The van der Waals surface area contributed by atoms with Crippen LogP contribution in [0.3, 0.4) is 0 Å². The van der Waals surface area contributed by atoms with Crippen LogP contribution in [0.2, 0.25) is 5.02 Å². The van der Waals surface area contributed by atoms with E-state index in [1.54, 1.807) is 17.8 Å². The van der Waals surface area contributed by atoms with Crippen molar-refractivity contribution in [1.29, 1.82) is 0 Å². The largest absolute Gasteiger partial charge is 0.478 e. The van der Waals surface area contributed by atoms with Gasteiger partial charge in [-0.15, -0.1) is 0 Å². The summed E-state index contributed by atoms with van der Waals surface area (Å²) in [7, 11) is 0. The molecule has 0 spiro atoms. The first kappa shape index (κ1) is 16.0. The van der Waals surface area contributed by atoms with Gasteiger partial charge < -0.3 is 15.7 Å². The van der Waals surface area contributed by atoms with Crippen LogP contribution in [0, 0.1) is 0 Å². The van der Waals surface area contributed by atoms with E-state index in [4.69, 9.17) is 16.7 Å². The lowest BCUT2D eigenvalue weighted by atomic mass is 10.2. The van der Waals surface area contributed by atoms with Crippen LogP contribution in [0.15, 0.2) is 18.2 Å². The molecule has 1 aromatic carbocycles. The molecule has 114 valence electrons. The van der Waals surface area contributed by atoms with Gasteiger partial charge in [-0.3, -0.25) is 0 Å². The van der Waals surface area contributed by atoms with E-state index in [-0.39, 0.29) is 23.3 Å². The second-order valence-corrected chi connectivity index (χ2v) is 6.42. The van der Waals surface area contributed by atoms with Crippen LogP contribution >= 0.6 is 23.4 Å². The number of carbonyl (C=O) groups is 2. The first-order valence-electron chi connectivity index (χ1n) is 6.64. The van der Waals surface area contributed by atoms with E-state index in [1.807, 2.05) is 6.26 Å². The average Bonchev–Trinajstić information content (AvgIpc) is 2.87. The van der Waals surface area contributed by atoms with E-state index in [0.29, 0.717) is 10.3 Å². The zero-order valence-corrected chi connectivity index (χ0v) is 13.1. The Morgan fingerprint density at radius 3 is 2.81 bits per heavy atom. The van der Waals surface area contributed by atoms with Gasteiger partial charge in [0, 0.05) is 16.3 Å². The number of hydrogen-bond acceptors (Lipinski definition) is 3. The highest BCUT2D eigenvalue weighted by Gasteiger charge is 2.28. The highest BCUT2D eigenvalue weighted by atomic mass is 35.5. The summed E-state index contributed by atoms with van der Waals surface area (Å²) >= 11 is 7.52. The molecular formula is C14H17ClN2O3S. The van der Waals surface area contributed by atoms with Gasteiger partial charge >= 0.3 is 12.0 Å². The topological polar surface area (TPSA) is 78.4 Å². The molecule has 2 amide bonds. The smallest absolute Gasteiger partial charge is 0.337 e. The average molecular weight is 329 g/mol. The minimum Gasteiger partial charge on any atom is -0.478 e. The molecule has 1 aliphatic carbocycles. The van der Waals surface area contributed by atoms with Crippen molar-refractivity contribution < 1.29 is 14.7 Å². The quantitative estimate of drug-likeness (QED) is 0.791. The molecule has 5 nitrogen and oxygen atoms in total. The van der Waals surface area contributed by atoms with Crippen molar-refractivity contribution in [3.63, 3.8) is 0 Å². The number of benzene rings is 1. The molecule has 21 heavy (non-hydrogen) atoms. The summed E-state index contributed by atoms with van der Waals surface area (Å²) in [6.45, 7) is 0.